The molecule has 126 valence electrons. The lowest BCUT2D eigenvalue weighted by Crippen LogP contribution is -2.29. The largest absolute Gasteiger partial charge is 0.477 e. The average molecular weight is 368 g/mol. The Hall–Kier alpha value is -2.24. The zero-order chi connectivity index (χ0) is 17.5. The van der Waals surface area contributed by atoms with Gasteiger partial charge in [-0.3, -0.25) is 4.79 Å². The van der Waals surface area contributed by atoms with Gasteiger partial charge in [0.25, 0.3) is 5.91 Å². The van der Waals surface area contributed by atoms with Crippen LogP contribution in [-0.2, 0) is 14.3 Å². The first kappa shape index (κ1) is 18.1. The molecule has 2 aromatic rings. The van der Waals surface area contributed by atoms with E-state index in [0.29, 0.717) is 16.5 Å². The highest BCUT2D eigenvalue weighted by Crippen LogP contribution is 2.28. The lowest BCUT2D eigenvalue weighted by molar-refractivity contribution is -0.153. The number of ether oxygens (including phenoxy) is 2. The Labute approximate surface area is 149 Å². The molecule has 0 aliphatic rings. The van der Waals surface area contributed by atoms with E-state index in [1.807, 2.05) is 6.07 Å². The maximum atomic E-state index is 11.9. The number of carbonyl (C=O) groups is 2. The van der Waals surface area contributed by atoms with Gasteiger partial charge in [-0.15, -0.1) is 0 Å². The molecule has 0 fully saturated rings. The topological polar surface area (TPSA) is 64.6 Å². The van der Waals surface area contributed by atoms with Crippen molar-refractivity contribution in [2.75, 3.05) is 11.9 Å². The number of benzene rings is 2. The van der Waals surface area contributed by atoms with Crippen LogP contribution in [0.15, 0.2) is 48.5 Å². The van der Waals surface area contributed by atoms with Gasteiger partial charge in [-0.2, -0.15) is 0 Å². The zero-order valence-corrected chi connectivity index (χ0v) is 14.3. The van der Waals surface area contributed by atoms with Crippen LogP contribution in [0.2, 0.25) is 10.0 Å². The van der Waals surface area contributed by atoms with Gasteiger partial charge in [0.15, 0.2) is 12.7 Å². The first-order chi connectivity index (χ1) is 11.5. The SMILES string of the molecule is C[C@H](Oc1ccc(Cl)cc1Cl)C(=O)OCC(=O)Nc1ccccc1. The standard InChI is InChI=1S/C17H15Cl2NO4/c1-11(24-15-8-7-12(18)9-14(15)19)17(22)23-10-16(21)20-13-5-3-2-4-6-13/h2-9,11H,10H2,1H3,(H,20,21)/t11-/m0/s1. The van der Waals surface area contributed by atoms with E-state index < -0.39 is 24.6 Å². The minimum Gasteiger partial charge on any atom is -0.477 e. The fourth-order valence-corrected chi connectivity index (χ4v) is 2.23. The summed E-state index contributed by atoms with van der Waals surface area (Å²) in [7, 11) is 0. The molecule has 0 radical (unpaired) electrons. The van der Waals surface area contributed by atoms with Gasteiger partial charge >= 0.3 is 5.97 Å². The fourth-order valence-electron chi connectivity index (χ4n) is 1.78. The molecule has 2 rings (SSSR count). The van der Waals surface area contributed by atoms with Crippen molar-refractivity contribution in [3.05, 3.63) is 58.6 Å². The Morgan fingerprint density at radius 1 is 1.12 bits per heavy atom. The van der Waals surface area contributed by atoms with Gasteiger partial charge in [0.2, 0.25) is 0 Å². The molecular formula is C17H15Cl2NO4. The lowest BCUT2D eigenvalue weighted by Gasteiger charge is -2.15. The van der Waals surface area contributed by atoms with Gasteiger partial charge in [0.1, 0.15) is 5.75 Å². The van der Waals surface area contributed by atoms with Crippen molar-refractivity contribution in [2.45, 2.75) is 13.0 Å². The summed E-state index contributed by atoms with van der Waals surface area (Å²) >= 11 is 11.8. The normalized spacial score (nSPS) is 11.5. The highest BCUT2D eigenvalue weighted by molar-refractivity contribution is 6.35. The predicted molar refractivity (Wildman–Crippen MR) is 92.6 cm³/mol. The number of halogens is 2. The minimum absolute atomic E-state index is 0.281. The predicted octanol–water partition coefficient (Wildman–Crippen LogP) is 3.94. The van der Waals surface area contributed by atoms with Crippen molar-refractivity contribution in [3.63, 3.8) is 0 Å². The third-order valence-corrected chi connectivity index (χ3v) is 3.46. The molecule has 0 spiro atoms. The van der Waals surface area contributed by atoms with Gasteiger partial charge in [0.05, 0.1) is 5.02 Å². The summed E-state index contributed by atoms with van der Waals surface area (Å²) in [5.41, 5.74) is 0.621. The van der Waals surface area contributed by atoms with E-state index in [9.17, 15) is 9.59 Å². The molecule has 0 heterocycles. The van der Waals surface area contributed by atoms with Crippen LogP contribution < -0.4 is 10.1 Å². The molecule has 2 aromatic carbocycles. The molecule has 0 saturated carbocycles. The van der Waals surface area contributed by atoms with Crippen LogP contribution in [0.3, 0.4) is 0 Å². The Kier molecular flexibility index (Phi) is 6.46. The molecular weight excluding hydrogens is 353 g/mol. The average Bonchev–Trinajstić information content (AvgIpc) is 2.56. The second kappa shape index (κ2) is 8.57. The van der Waals surface area contributed by atoms with Crippen molar-refractivity contribution in [1.29, 1.82) is 0 Å². The molecule has 5 nitrogen and oxygen atoms in total. The molecule has 0 aromatic heterocycles. The lowest BCUT2D eigenvalue weighted by atomic mass is 10.3. The smallest absolute Gasteiger partial charge is 0.347 e. The molecule has 1 amide bonds. The van der Waals surface area contributed by atoms with E-state index in [1.54, 1.807) is 36.4 Å². The Morgan fingerprint density at radius 2 is 1.83 bits per heavy atom. The molecule has 0 bridgehead atoms. The van der Waals surface area contributed by atoms with Crippen LogP contribution in [0.4, 0.5) is 5.69 Å². The highest BCUT2D eigenvalue weighted by atomic mass is 35.5. The molecule has 1 atom stereocenters. The summed E-state index contributed by atoms with van der Waals surface area (Å²) in [5, 5.41) is 3.35. The van der Waals surface area contributed by atoms with Crippen molar-refractivity contribution in [1.82, 2.24) is 0 Å². The number of carbonyl (C=O) groups excluding carboxylic acids is 2. The van der Waals surface area contributed by atoms with Gasteiger partial charge in [-0.25, -0.2) is 4.79 Å². The van der Waals surface area contributed by atoms with Crippen LogP contribution in [0.25, 0.3) is 0 Å². The number of hydrogen-bond donors (Lipinski definition) is 1. The number of amides is 1. The van der Waals surface area contributed by atoms with E-state index in [4.69, 9.17) is 32.7 Å². The third-order valence-electron chi connectivity index (χ3n) is 2.93. The maximum Gasteiger partial charge on any atom is 0.347 e. The fraction of sp³-hybridized carbons (Fsp3) is 0.176. The highest BCUT2D eigenvalue weighted by Gasteiger charge is 2.19. The monoisotopic (exact) mass is 367 g/mol. The van der Waals surface area contributed by atoms with Crippen LogP contribution in [0.5, 0.6) is 5.75 Å². The summed E-state index contributed by atoms with van der Waals surface area (Å²) in [6.07, 6.45) is -0.923. The molecule has 7 heteroatoms. The Balaban J connectivity index is 1.82. The summed E-state index contributed by atoms with van der Waals surface area (Å²) in [6, 6.07) is 13.5. The maximum absolute atomic E-state index is 11.9. The third kappa shape index (κ3) is 5.44. The number of esters is 1. The van der Waals surface area contributed by atoms with Crippen LogP contribution in [0.1, 0.15) is 6.92 Å². The summed E-state index contributed by atoms with van der Waals surface area (Å²) in [4.78, 5) is 23.6. The van der Waals surface area contributed by atoms with Crippen molar-refractivity contribution in [2.24, 2.45) is 0 Å². The molecule has 0 aliphatic heterocycles. The second-order valence-corrected chi connectivity index (χ2v) is 5.70. The summed E-state index contributed by atoms with van der Waals surface area (Å²) < 4.78 is 10.3. The quantitative estimate of drug-likeness (QED) is 0.785. The molecule has 0 saturated heterocycles. The number of nitrogens with one attached hydrogen (secondary N) is 1. The summed E-state index contributed by atoms with van der Waals surface area (Å²) in [5.74, 6) is -0.810. The molecule has 1 N–H and O–H groups in total. The first-order valence-corrected chi connectivity index (χ1v) is 7.84. The molecule has 0 unspecified atom stereocenters. The van der Waals surface area contributed by atoms with Gasteiger partial charge < -0.3 is 14.8 Å². The molecule has 0 aliphatic carbocycles. The van der Waals surface area contributed by atoms with Crippen LogP contribution in [0, 0.1) is 0 Å². The van der Waals surface area contributed by atoms with Crippen LogP contribution >= 0.6 is 23.2 Å². The number of anilines is 1. The summed E-state index contributed by atoms with van der Waals surface area (Å²) in [6.45, 7) is 1.10. The van der Waals surface area contributed by atoms with Crippen LogP contribution in [-0.4, -0.2) is 24.6 Å². The molecule has 24 heavy (non-hydrogen) atoms. The Morgan fingerprint density at radius 3 is 2.50 bits per heavy atom. The van der Waals surface area contributed by atoms with E-state index >= 15 is 0 Å². The number of rotatable bonds is 6. The van der Waals surface area contributed by atoms with E-state index in [1.165, 1.54) is 13.0 Å². The van der Waals surface area contributed by atoms with Gasteiger partial charge in [-0.05, 0) is 37.3 Å². The first-order valence-electron chi connectivity index (χ1n) is 7.09. The van der Waals surface area contributed by atoms with Crippen molar-refractivity contribution < 1.29 is 19.1 Å². The minimum atomic E-state index is -0.923. The Bertz CT molecular complexity index is 722. The van der Waals surface area contributed by atoms with Crippen molar-refractivity contribution in [3.8, 4) is 5.75 Å². The van der Waals surface area contributed by atoms with Gasteiger partial charge in [-0.1, -0.05) is 41.4 Å². The van der Waals surface area contributed by atoms with Crippen molar-refractivity contribution >= 4 is 40.8 Å². The number of para-hydroxylation sites is 1. The zero-order valence-electron chi connectivity index (χ0n) is 12.8. The number of hydrogen-bond acceptors (Lipinski definition) is 4. The van der Waals surface area contributed by atoms with E-state index in [-0.39, 0.29) is 5.02 Å². The second-order valence-electron chi connectivity index (χ2n) is 4.86. The van der Waals surface area contributed by atoms with Gasteiger partial charge in [0, 0.05) is 10.7 Å². The van der Waals surface area contributed by atoms with E-state index in [0.717, 1.165) is 0 Å². The van der Waals surface area contributed by atoms with E-state index in [2.05, 4.69) is 5.32 Å².